The minimum Gasteiger partial charge on any atom is -0.391 e. The van der Waals surface area contributed by atoms with Crippen LogP contribution in [0.15, 0.2) is 22.7 Å². The van der Waals surface area contributed by atoms with Crippen molar-refractivity contribution in [3.8, 4) is 11.5 Å². The third kappa shape index (κ3) is 5.58. The summed E-state index contributed by atoms with van der Waals surface area (Å²) in [6, 6.07) is 4.85. The van der Waals surface area contributed by atoms with Crippen molar-refractivity contribution in [1.82, 2.24) is 15.0 Å². The van der Waals surface area contributed by atoms with E-state index in [1.807, 2.05) is 0 Å². The lowest BCUT2D eigenvalue weighted by atomic mass is 9.80. The molecule has 5 atom stereocenters. The number of morpholine rings is 1. The Hall–Kier alpha value is -2.08. The fourth-order valence-corrected chi connectivity index (χ4v) is 5.51. The van der Waals surface area contributed by atoms with Gasteiger partial charge in [-0.05, 0) is 45.1 Å². The van der Waals surface area contributed by atoms with Crippen molar-refractivity contribution in [2.75, 3.05) is 33.4 Å². The van der Waals surface area contributed by atoms with Crippen LogP contribution in [-0.2, 0) is 19.9 Å². The molecular formula is C25H35ClN4O6. The molecule has 2 fully saturated rings. The molecule has 4 rings (SSSR count). The lowest BCUT2D eigenvalue weighted by Gasteiger charge is -2.43. The molecule has 10 nitrogen and oxygen atoms in total. The summed E-state index contributed by atoms with van der Waals surface area (Å²) in [4.78, 5) is 19.4. The Labute approximate surface area is 215 Å². The fourth-order valence-electron chi connectivity index (χ4n) is 5.26. The first-order valence-corrected chi connectivity index (χ1v) is 12.8. The van der Waals surface area contributed by atoms with Crippen molar-refractivity contribution in [3.05, 3.63) is 34.6 Å². The third-order valence-electron chi connectivity index (χ3n) is 7.21. The van der Waals surface area contributed by atoms with Gasteiger partial charge in [0.25, 0.3) is 5.89 Å². The van der Waals surface area contributed by atoms with Gasteiger partial charge in [-0.1, -0.05) is 28.9 Å². The molecule has 0 unspecified atom stereocenters. The Morgan fingerprint density at radius 2 is 2.17 bits per heavy atom. The molecule has 198 valence electrons. The Morgan fingerprint density at radius 1 is 1.36 bits per heavy atom. The number of nitrogens with two attached hydrogens (primary N) is 1. The van der Waals surface area contributed by atoms with Gasteiger partial charge in [-0.3, -0.25) is 4.79 Å². The van der Waals surface area contributed by atoms with E-state index in [4.69, 9.17) is 31.3 Å². The number of amides is 1. The summed E-state index contributed by atoms with van der Waals surface area (Å²) in [6.07, 6.45) is 1.12. The molecule has 1 amide bonds. The van der Waals surface area contributed by atoms with Crippen LogP contribution in [0.1, 0.15) is 43.5 Å². The number of carbonyl (C=O) groups excluding carboxylic acids is 1. The van der Waals surface area contributed by atoms with Gasteiger partial charge in [-0.2, -0.15) is 4.98 Å². The molecule has 1 saturated heterocycles. The summed E-state index contributed by atoms with van der Waals surface area (Å²) in [5.41, 5.74) is 5.41. The van der Waals surface area contributed by atoms with E-state index < -0.39 is 23.9 Å². The first kappa shape index (κ1) is 27.0. The fraction of sp³-hybridized carbons (Fsp3) is 0.640. The molecule has 2 heterocycles. The van der Waals surface area contributed by atoms with Crippen molar-refractivity contribution < 1.29 is 29.0 Å². The van der Waals surface area contributed by atoms with Crippen molar-refractivity contribution in [3.63, 3.8) is 0 Å². The van der Waals surface area contributed by atoms with Crippen LogP contribution in [0.3, 0.4) is 0 Å². The van der Waals surface area contributed by atoms with Crippen LogP contribution in [0.5, 0.6) is 0 Å². The van der Waals surface area contributed by atoms with Crippen molar-refractivity contribution in [2.45, 2.75) is 62.9 Å². The smallest absolute Gasteiger partial charge is 0.259 e. The molecule has 2 aromatic rings. The van der Waals surface area contributed by atoms with E-state index in [0.29, 0.717) is 60.8 Å². The predicted octanol–water partition coefficient (Wildman–Crippen LogP) is 2.03. The molecule has 4 N–H and O–H groups in total. The van der Waals surface area contributed by atoms with E-state index in [0.717, 1.165) is 6.42 Å². The van der Waals surface area contributed by atoms with Gasteiger partial charge >= 0.3 is 0 Å². The van der Waals surface area contributed by atoms with Gasteiger partial charge in [-0.15, -0.1) is 0 Å². The summed E-state index contributed by atoms with van der Waals surface area (Å²) < 4.78 is 16.7. The Kier molecular flexibility index (Phi) is 8.64. The van der Waals surface area contributed by atoms with E-state index in [1.165, 1.54) is 0 Å². The maximum absolute atomic E-state index is 13.3. The van der Waals surface area contributed by atoms with E-state index in [-0.39, 0.29) is 30.9 Å². The second kappa shape index (κ2) is 11.5. The molecule has 1 aliphatic heterocycles. The average Bonchev–Trinajstić information content (AvgIpc) is 3.45. The zero-order chi connectivity index (χ0) is 25.9. The number of hydrogen-bond acceptors (Lipinski definition) is 9. The highest BCUT2D eigenvalue weighted by Gasteiger charge is 2.46. The topological polar surface area (TPSA) is 144 Å². The SMILES string of the molecule is COCCCC[C@@](O)(c1cccc(Cl)c1-c1nc(C)no1)[C@H]1CN(C(=O)[C@H]2C[C@@H](N)[C@@H](O)C2)CCO1. The van der Waals surface area contributed by atoms with Crippen molar-refractivity contribution in [1.29, 1.82) is 0 Å². The van der Waals surface area contributed by atoms with Crippen molar-refractivity contribution >= 4 is 17.5 Å². The van der Waals surface area contributed by atoms with Crippen LogP contribution >= 0.6 is 11.6 Å². The quantitative estimate of drug-likeness (QED) is 0.421. The molecule has 1 aliphatic carbocycles. The standard InChI is InChI=1S/C25H35ClN4O6/c1-15-28-23(36-29-15)22-17(6-5-7-18(22)26)25(33,8-3-4-10-34-2)21-14-30(9-11-35-21)24(32)16-12-19(27)20(31)13-16/h5-7,16,19-21,31,33H,3-4,8-14,27H2,1-2H3/t16-,19+,20-,21+,25+/m0/s1. The number of rotatable bonds is 9. The number of carbonyl (C=O) groups is 1. The summed E-state index contributed by atoms with van der Waals surface area (Å²) >= 11 is 6.59. The zero-order valence-corrected chi connectivity index (χ0v) is 21.5. The van der Waals surface area contributed by atoms with E-state index in [1.54, 1.807) is 37.1 Å². The zero-order valence-electron chi connectivity index (χ0n) is 20.7. The summed E-state index contributed by atoms with van der Waals surface area (Å²) in [5, 5.41) is 26.6. The number of nitrogens with zero attached hydrogens (tertiary/aromatic N) is 3. The minimum atomic E-state index is -1.50. The predicted molar refractivity (Wildman–Crippen MR) is 132 cm³/mol. The summed E-state index contributed by atoms with van der Waals surface area (Å²) in [6.45, 7) is 3.13. The van der Waals surface area contributed by atoms with Crippen molar-refractivity contribution in [2.24, 2.45) is 11.7 Å². The number of benzene rings is 1. The van der Waals surface area contributed by atoms with Gasteiger partial charge in [0.15, 0.2) is 5.82 Å². The molecule has 1 saturated carbocycles. The largest absolute Gasteiger partial charge is 0.391 e. The molecule has 36 heavy (non-hydrogen) atoms. The first-order valence-electron chi connectivity index (χ1n) is 12.4. The maximum Gasteiger partial charge on any atom is 0.259 e. The second-order valence-corrected chi connectivity index (χ2v) is 10.1. The molecular weight excluding hydrogens is 488 g/mol. The first-order chi connectivity index (χ1) is 17.2. The molecule has 0 bridgehead atoms. The van der Waals surface area contributed by atoms with Crippen LogP contribution in [0.25, 0.3) is 11.5 Å². The van der Waals surface area contributed by atoms with E-state index in [9.17, 15) is 15.0 Å². The lowest BCUT2D eigenvalue weighted by Crippen LogP contribution is -2.55. The van der Waals surface area contributed by atoms with Crippen LogP contribution in [0.4, 0.5) is 0 Å². The number of hydrogen-bond donors (Lipinski definition) is 3. The Morgan fingerprint density at radius 3 is 2.83 bits per heavy atom. The summed E-state index contributed by atoms with van der Waals surface area (Å²) in [5.74, 6) is 0.241. The molecule has 1 aromatic carbocycles. The van der Waals surface area contributed by atoms with Gasteiger partial charge < -0.3 is 34.8 Å². The van der Waals surface area contributed by atoms with Gasteiger partial charge in [0.05, 0.1) is 29.8 Å². The number of methoxy groups -OCH3 is 1. The molecule has 2 aliphatic rings. The Balaban J connectivity index is 1.66. The molecule has 0 spiro atoms. The number of aliphatic hydroxyl groups excluding tert-OH is 1. The highest BCUT2D eigenvalue weighted by atomic mass is 35.5. The maximum atomic E-state index is 13.3. The van der Waals surface area contributed by atoms with Gasteiger partial charge in [-0.25, -0.2) is 0 Å². The van der Waals surface area contributed by atoms with Gasteiger partial charge in [0, 0.05) is 37.8 Å². The van der Waals surface area contributed by atoms with Crippen LogP contribution in [-0.4, -0.2) is 82.8 Å². The monoisotopic (exact) mass is 522 g/mol. The molecule has 1 aromatic heterocycles. The van der Waals surface area contributed by atoms with Gasteiger partial charge in [0.2, 0.25) is 5.91 Å². The normalized spacial score (nSPS) is 26.2. The van der Waals surface area contributed by atoms with E-state index in [2.05, 4.69) is 10.1 Å². The third-order valence-corrected chi connectivity index (χ3v) is 7.53. The number of ether oxygens (including phenoxy) is 2. The highest BCUT2D eigenvalue weighted by molar-refractivity contribution is 6.33. The average molecular weight is 523 g/mol. The second-order valence-electron chi connectivity index (χ2n) is 9.73. The van der Waals surface area contributed by atoms with Crippen LogP contribution < -0.4 is 5.73 Å². The van der Waals surface area contributed by atoms with Crippen LogP contribution in [0, 0.1) is 12.8 Å². The Bertz CT molecular complexity index is 1040. The van der Waals surface area contributed by atoms with Crippen LogP contribution in [0.2, 0.25) is 5.02 Å². The van der Waals surface area contributed by atoms with E-state index >= 15 is 0 Å². The number of aliphatic hydroxyl groups is 2. The number of unbranched alkanes of at least 4 members (excludes halogenated alkanes) is 1. The van der Waals surface area contributed by atoms with Gasteiger partial charge in [0.1, 0.15) is 11.7 Å². The number of aryl methyl sites for hydroxylation is 1. The molecule has 0 radical (unpaired) electrons. The lowest BCUT2D eigenvalue weighted by molar-refractivity contribution is -0.167. The number of halogens is 1. The number of aromatic nitrogens is 2. The molecule has 11 heteroatoms. The summed E-state index contributed by atoms with van der Waals surface area (Å²) in [7, 11) is 1.64. The highest BCUT2D eigenvalue weighted by Crippen LogP contribution is 2.42. The minimum absolute atomic E-state index is 0.0733.